The Balaban J connectivity index is 1.80. The number of esters is 1. The minimum atomic E-state index is -0.496. The summed E-state index contributed by atoms with van der Waals surface area (Å²) in [5, 5.41) is 3.60. The molecule has 2 rings (SSSR count). The highest BCUT2D eigenvalue weighted by molar-refractivity contribution is 7.13. The van der Waals surface area contributed by atoms with Crippen LogP contribution < -0.4 is 5.32 Å². The molecule has 0 unspecified atom stereocenters. The Labute approximate surface area is 133 Å². The van der Waals surface area contributed by atoms with Crippen molar-refractivity contribution in [1.29, 1.82) is 0 Å². The molecule has 0 radical (unpaired) electrons. The van der Waals surface area contributed by atoms with E-state index >= 15 is 0 Å². The molecule has 22 heavy (non-hydrogen) atoms. The molecule has 5 nitrogen and oxygen atoms in total. The predicted molar refractivity (Wildman–Crippen MR) is 84.8 cm³/mol. The largest absolute Gasteiger partial charge is 0.451 e. The predicted octanol–water partition coefficient (Wildman–Crippen LogP) is 2.49. The maximum Gasteiger partial charge on any atom is 0.350 e. The normalized spacial score (nSPS) is 10.3. The minimum absolute atomic E-state index is 0.287. The average molecular weight is 318 g/mol. The molecule has 1 heterocycles. The van der Waals surface area contributed by atoms with Gasteiger partial charge in [-0.15, -0.1) is 11.3 Å². The molecular weight excluding hydrogens is 300 g/mol. The highest BCUT2D eigenvalue weighted by atomic mass is 32.1. The van der Waals surface area contributed by atoms with Crippen molar-refractivity contribution in [1.82, 2.24) is 10.3 Å². The first-order valence-electron chi connectivity index (χ1n) is 7.04. The molecule has 0 spiro atoms. The summed E-state index contributed by atoms with van der Waals surface area (Å²) >= 11 is 1.31. The van der Waals surface area contributed by atoms with Gasteiger partial charge in [-0.1, -0.05) is 37.3 Å². The Morgan fingerprint density at radius 3 is 2.64 bits per heavy atom. The summed E-state index contributed by atoms with van der Waals surface area (Å²) in [5.41, 5.74) is 1.64. The van der Waals surface area contributed by atoms with Gasteiger partial charge in [0.25, 0.3) is 5.91 Å². The zero-order chi connectivity index (χ0) is 15.9. The zero-order valence-corrected chi connectivity index (χ0v) is 13.4. The number of thiazole rings is 1. The van der Waals surface area contributed by atoms with E-state index in [2.05, 4.69) is 10.3 Å². The van der Waals surface area contributed by atoms with Crippen molar-refractivity contribution in [3.05, 3.63) is 51.5 Å². The van der Waals surface area contributed by atoms with Crippen LogP contribution in [0.25, 0.3) is 0 Å². The van der Waals surface area contributed by atoms with Crippen LogP contribution >= 0.6 is 11.3 Å². The van der Waals surface area contributed by atoms with E-state index in [9.17, 15) is 9.59 Å². The van der Waals surface area contributed by atoms with Crippen LogP contribution in [0, 0.1) is 6.92 Å². The number of ether oxygens (including phenoxy) is 1. The summed E-state index contributed by atoms with van der Waals surface area (Å²) in [6, 6.07) is 9.55. The van der Waals surface area contributed by atoms with Gasteiger partial charge in [-0.2, -0.15) is 0 Å². The fraction of sp³-hybridized carbons (Fsp3) is 0.312. The fourth-order valence-electron chi connectivity index (χ4n) is 1.84. The number of benzene rings is 1. The molecular formula is C16H18N2O3S. The number of rotatable bonds is 6. The molecule has 0 saturated heterocycles. The van der Waals surface area contributed by atoms with Gasteiger partial charge in [0, 0.05) is 6.54 Å². The maximum atomic E-state index is 11.9. The second-order valence-corrected chi connectivity index (χ2v) is 5.80. The van der Waals surface area contributed by atoms with Crippen molar-refractivity contribution < 1.29 is 14.3 Å². The van der Waals surface area contributed by atoms with Gasteiger partial charge < -0.3 is 10.1 Å². The van der Waals surface area contributed by atoms with E-state index in [1.807, 2.05) is 37.3 Å². The number of nitrogens with one attached hydrogen (secondary N) is 1. The molecule has 0 bridgehead atoms. The lowest BCUT2D eigenvalue weighted by molar-refractivity contribution is -0.124. The second kappa shape index (κ2) is 7.70. The summed E-state index contributed by atoms with van der Waals surface area (Å²) in [6.07, 6.45) is 0.774. The number of carbonyl (C=O) groups is 2. The summed E-state index contributed by atoms with van der Waals surface area (Å²) in [4.78, 5) is 28.4. The monoisotopic (exact) mass is 318 g/mol. The smallest absolute Gasteiger partial charge is 0.350 e. The molecule has 1 aromatic carbocycles. The van der Waals surface area contributed by atoms with Crippen LogP contribution in [0.1, 0.15) is 32.9 Å². The van der Waals surface area contributed by atoms with Crippen molar-refractivity contribution in [2.75, 3.05) is 6.61 Å². The van der Waals surface area contributed by atoms with Gasteiger partial charge in [0.1, 0.15) is 4.88 Å². The van der Waals surface area contributed by atoms with Gasteiger partial charge >= 0.3 is 5.97 Å². The van der Waals surface area contributed by atoms with E-state index in [0.717, 1.165) is 17.0 Å². The Hall–Kier alpha value is -2.21. The quantitative estimate of drug-likeness (QED) is 0.831. The van der Waals surface area contributed by atoms with Gasteiger partial charge in [0.15, 0.2) is 6.61 Å². The molecule has 0 aliphatic heterocycles. The van der Waals surface area contributed by atoms with Gasteiger partial charge in [-0.3, -0.25) is 4.79 Å². The van der Waals surface area contributed by atoms with Gasteiger partial charge in [-0.25, -0.2) is 9.78 Å². The third-order valence-electron chi connectivity index (χ3n) is 3.00. The SMILES string of the molecule is CCc1nc(C)c(C(=O)OCC(=O)NCc2ccccc2)s1. The molecule has 1 aromatic heterocycles. The summed E-state index contributed by atoms with van der Waals surface area (Å²) < 4.78 is 5.04. The van der Waals surface area contributed by atoms with Crippen molar-refractivity contribution >= 4 is 23.2 Å². The Morgan fingerprint density at radius 2 is 2.00 bits per heavy atom. The number of aryl methyl sites for hydroxylation is 2. The molecule has 0 atom stereocenters. The molecule has 116 valence electrons. The van der Waals surface area contributed by atoms with Crippen LogP contribution in [-0.4, -0.2) is 23.5 Å². The molecule has 0 fully saturated rings. The first-order valence-corrected chi connectivity index (χ1v) is 7.86. The van der Waals surface area contributed by atoms with E-state index in [0.29, 0.717) is 17.1 Å². The van der Waals surface area contributed by atoms with Crippen molar-refractivity contribution in [2.45, 2.75) is 26.8 Å². The fourth-order valence-corrected chi connectivity index (χ4v) is 2.74. The van der Waals surface area contributed by atoms with Crippen LogP contribution in [-0.2, 0) is 22.5 Å². The first kappa shape index (κ1) is 16.2. The van der Waals surface area contributed by atoms with Gasteiger partial charge in [-0.05, 0) is 18.9 Å². The number of amides is 1. The topological polar surface area (TPSA) is 68.3 Å². The van der Waals surface area contributed by atoms with E-state index in [1.54, 1.807) is 6.92 Å². The summed E-state index contributed by atoms with van der Waals surface area (Å²) in [7, 11) is 0. The van der Waals surface area contributed by atoms with E-state index < -0.39 is 5.97 Å². The first-order chi connectivity index (χ1) is 10.6. The number of hydrogen-bond donors (Lipinski definition) is 1. The van der Waals surface area contributed by atoms with Crippen molar-refractivity contribution in [3.8, 4) is 0 Å². The zero-order valence-electron chi connectivity index (χ0n) is 12.6. The number of nitrogens with zero attached hydrogens (tertiary/aromatic N) is 1. The average Bonchev–Trinajstić information content (AvgIpc) is 2.92. The molecule has 2 aromatic rings. The Kier molecular flexibility index (Phi) is 5.66. The van der Waals surface area contributed by atoms with E-state index in [4.69, 9.17) is 4.74 Å². The number of hydrogen-bond acceptors (Lipinski definition) is 5. The lowest BCUT2D eigenvalue weighted by Gasteiger charge is -2.06. The lowest BCUT2D eigenvalue weighted by Crippen LogP contribution is -2.28. The summed E-state index contributed by atoms with van der Waals surface area (Å²) in [5.74, 6) is -0.820. The molecule has 1 N–H and O–H groups in total. The standard InChI is InChI=1S/C16H18N2O3S/c1-3-14-18-11(2)15(22-14)16(20)21-10-13(19)17-9-12-7-5-4-6-8-12/h4-8H,3,9-10H2,1-2H3,(H,17,19). The van der Waals surface area contributed by atoms with Crippen LogP contribution in [0.4, 0.5) is 0 Å². The number of aromatic nitrogens is 1. The van der Waals surface area contributed by atoms with E-state index in [-0.39, 0.29) is 12.5 Å². The van der Waals surface area contributed by atoms with E-state index in [1.165, 1.54) is 11.3 Å². The van der Waals surface area contributed by atoms with Crippen LogP contribution in [0.2, 0.25) is 0 Å². The van der Waals surface area contributed by atoms with Crippen LogP contribution in [0.3, 0.4) is 0 Å². The third-order valence-corrected chi connectivity index (χ3v) is 4.28. The van der Waals surface area contributed by atoms with Crippen LogP contribution in [0.5, 0.6) is 0 Å². The molecule has 0 aliphatic rings. The number of carbonyl (C=O) groups excluding carboxylic acids is 2. The lowest BCUT2D eigenvalue weighted by atomic mass is 10.2. The third kappa shape index (κ3) is 4.39. The molecule has 0 aliphatic carbocycles. The van der Waals surface area contributed by atoms with Crippen LogP contribution in [0.15, 0.2) is 30.3 Å². The second-order valence-electron chi connectivity index (χ2n) is 4.71. The van der Waals surface area contributed by atoms with Gasteiger partial charge in [0.2, 0.25) is 0 Å². The Bertz CT molecular complexity index is 653. The maximum absolute atomic E-state index is 11.9. The minimum Gasteiger partial charge on any atom is -0.451 e. The molecule has 0 saturated carbocycles. The highest BCUT2D eigenvalue weighted by Gasteiger charge is 2.17. The molecule has 1 amide bonds. The van der Waals surface area contributed by atoms with Crippen molar-refractivity contribution in [2.24, 2.45) is 0 Å². The molecule has 6 heteroatoms. The Morgan fingerprint density at radius 1 is 1.27 bits per heavy atom. The van der Waals surface area contributed by atoms with Gasteiger partial charge in [0.05, 0.1) is 10.7 Å². The highest BCUT2D eigenvalue weighted by Crippen LogP contribution is 2.19. The summed E-state index contributed by atoms with van der Waals surface area (Å²) in [6.45, 7) is 3.87. The van der Waals surface area contributed by atoms with Crippen molar-refractivity contribution in [3.63, 3.8) is 0 Å².